The van der Waals surface area contributed by atoms with Gasteiger partial charge in [-0.2, -0.15) is 5.26 Å². The highest BCUT2D eigenvalue weighted by atomic mass is 16.5. The topological polar surface area (TPSA) is 79.3 Å². The largest absolute Gasteiger partial charge is 0.491 e. The number of primary amides is 1. The standard InChI is InChI=1S/C12H15N3O2/c1-15(9-12(14)16)6-7-17-11-5-3-2-4-10(11)8-13/h2-5H,6-7,9H2,1H3,(H2,14,16). The van der Waals surface area contributed by atoms with Gasteiger partial charge in [0.05, 0.1) is 12.1 Å². The fourth-order valence-electron chi connectivity index (χ4n) is 1.34. The van der Waals surface area contributed by atoms with Gasteiger partial charge in [0.1, 0.15) is 18.4 Å². The van der Waals surface area contributed by atoms with Gasteiger partial charge in [0.25, 0.3) is 0 Å². The van der Waals surface area contributed by atoms with Crippen molar-refractivity contribution in [2.75, 3.05) is 26.7 Å². The van der Waals surface area contributed by atoms with Crippen molar-refractivity contribution in [3.8, 4) is 11.8 Å². The van der Waals surface area contributed by atoms with Crippen LogP contribution in [-0.2, 0) is 4.79 Å². The van der Waals surface area contributed by atoms with Crippen molar-refractivity contribution in [2.24, 2.45) is 5.73 Å². The van der Waals surface area contributed by atoms with Crippen LogP contribution in [0, 0.1) is 11.3 Å². The van der Waals surface area contributed by atoms with Crippen LogP contribution < -0.4 is 10.5 Å². The molecule has 0 bridgehead atoms. The third-order valence-electron chi connectivity index (χ3n) is 2.16. The van der Waals surface area contributed by atoms with Crippen molar-refractivity contribution < 1.29 is 9.53 Å². The number of nitriles is 1. The van der Waals surface area contributed by atoms with Crippen LogP contribution in [0.3, 0.4) is 0 Å². The molecular weight excluding hydrogens is 218 g/mol. The highest BCUT2D eigenvalue weighted by Crippen LogP contribution is 2.16. The third kappa shape index (κ3) is 4.53. The Morgan fingerprint density at radius 2 is 2.24 bits per heavy atom. The van der Waals surface area contributed by atoms with Crippen molar-refractivity contribution in [1.29, 1.82) is 5.26 Å². The second-order valence-corrected chi connectivity index (χ2v) is 3.66. The average Bonchev–Trinajstić information content (AvgIpc) is 2.28. The Balaban J connectivity index is 2.41. The van der Waals surface area contributed by atoms with Gasteiger partial charge in [0.15, 0.2) is 0 Å². The predicted octanol–water partition coefficient (Wildman–Crippen LogP) is 0.354. The third-order valence-corrected chi connectivity index (χ3v) is 2.16. The summed E-state index contributed by atoms with van der Waals surface area (Å²) in [6, 6.07) is 9.08. The summed E-state index contributed by atoms with van der Waals surface area (Å²) in [5.41, 5.74) is 5.56. The van der Waals surface area contributed by atoms with Crippen LogP contribution in [0.1, 0.15) is 5.56 Å². The fourth-order valence-corrected chi connectivity index (χ4v) is 1.34. The Morgan fingerprint density at radius 3 is 2.88 bits per heavy atom. The van der Waals surface area contributed by atoms with E-state index in [4.69, 9.17) is 15.7 Å². The van der Waals surface area contributed by atoms with Crippen molar-refractivity contribution in [2.45, 2.75) is 0 Å². The summed E-state index contributed by atoms with van der Waals surface area (Å²) in [5, 5.41) is 8.84. The molecule has 0 spiro atoms. The van der Waals surface area contributed by atoms with E-state index in [2.05, 4.69) is 6.07 Å². The number of carbonyl (C=O) groups excluding carboxylic acids is 1. The number of nitrogens with two attached hydrogens (primary N) is 1. The van der Waals surface area contributed by atoms with Crippen molar-refractivity contribution in [3.05, 3.63) is 29.8 Å². The lowest BCUT2D eigenvalue weighted by Gasteiger charge is -2.15. The van der Waals surface area contributed by atoms with E-state index in [1.807, 2.05) is 6.07 Å². The Labute approximate surface area is 100 Å². The molecule has 0 saturated carbocycles. The molecule has 0 aliphatic rings. The second-order valence-electron chi connectivity index (χ2n) is 3.66. The number of hydrogen-bond acceptors (Lipinski definition) is 4. The quantitative estimate of drug-likeness (QED) is 0.769. The first kappa shape index (κ1) is 13.0. The number of hydrogen-bond donors (Lipinski definition) is 1. The molecule has 1 amide bonds. The number of amides is 1. The zero-order valence-electron chi connectivity index (χ0n) is 9.72. The molecule has 0 heterocycles. The summed E-state index contributed by atoms with van der Waals surface area (Å²) in [6.07, 6.45) is 0. The lowest BCUT2D eigenvalue weighted by atomic mass is 10.2. The molecule has 0 atom stereocenters. The molecule has 0 radical (unpaired) electrons. The van der Waals surface area contributed by atoms with Crippen LogP contribution in [0.25, 0.3) is 0 Å². The van der Waals surface area contributed by atoms with E-state index in [9.17, 15) is 4.79 Å². The number of para-hydroxylation sites is 1. The molecule has 0 aliphatic carbocycles. The van der Waals surface area contributed by atoms with Crippen LogP contribution >= 0.6 is 0 Å². The molecule has 1 aromatic rings. The van der Waals surface area contributed by atoms with E-state index < -0.39 is 0 Å². The van der Waals surface area contributed by atoms with E-state index in [1.165, 1.54) is 0 Å². The van der Waals surface area contributed by atoms with Crippen molar-refractivity contribution in [1.82, 2.24) is 4.90 Å². The maximum atomic E-state index is 10.6. The zero-order valence-corrected chi connectivity index (χ0v) is 9.72. The van der Waals surface area contributed by atoms with Crippen LogP contribution in [0.4, 0.5) is 0 Å². The molecule has 17 heavy (non-hydrogen) atoms. The van der Waals surface area contributed by atoms with Gasteiger partial charge < -0.3 is 10.5 Å². The number of nitrogens with zero attached hydrogens (tertiary/aromatic N) is 2. The van der Waals surface area contributed by atoms with Gasteiger partial charge in [-0.05, 0) is 19.2 Å². The van der Waals surface area contributed by atoms with E-state index in [-0.39, 0.29) is 12.5 Å². The monoisotopic (exact) mass is 233 g/mol. The number of ether oxygens (including phenoxy) is 1. The van der Waals surface area contributed by atoms with Gasteiger partial charge in [0, 0.05) is 6.54 Å². The normalized spacial score (nSPS) is 9.94. The predicted molar refractivity (Wildman–Crippen MR) is 63.3 cm³/mol. The average molecular weight is 233 g/mol. The summed E-state index contributed by atoms with van der Waals surface area (Å²) >= 11 is 0. The molecule has 0 aromatic heterocycles. The van der Waals surface area contributed by atoms with Crippen molar-refractivity contribution >= 4 is 5.91 Å². The van der Waals surface area contributed by atoms with E-state index in [0.29, 0.717) is 24.5 Å². The minimum Gasteiger partial charge on any atom is -0.491 e. The maximum Gasteiger partial charge on any atom is 0.231 e. The van der Waals surface area contributed by atoms with Crippen LogP contribution in [0.5, 0.6) is 5.75 Å². The second kappa shape index (κ2) is 6.51. The molecular formula is C12H15N3O2. The first-order chi connectivity index (χ1) is 8.13. The molecule has 2 N–H and O–H groups in total. The highest BCUT2D eigenvalue weighted by molar-refractivity contribution is 5.75. The number of benzene rings is 1. The Hall–Kier alpha value is -2.06. The lowest BCUT2D eigenvalue weighted by molar-refractivity contribution is -0.118. The molecule has 0 fully saturated rings. The molecule has 90 valence electrons. The van der Waals surface area contributed by atoms with Crippen LogP contribution in [-0.4, -0.2) is 37.6 Å². The summed E-state index contributed by atoms with van der Waals surface area (Å²) in [5.74, 6) is 0.187. The summed E-state index contributed by atoms with van der Waals surface area (Å²) in [7, 11) is 1.78. The van der Waals surface area contributed by atoms with Gasteiger partial charge in [-0.1, -0.05) is 12.1 Å². The van der Waals surface area contributed by atoms with Gasteiger partial charge >= 0.3 is 0 Å². The molecule has 5 nitrogen and oxygen atoms in total. The lowest BCUT2D eigenvalue weighted by Crippen LogP contribution is -2.33. The van der Waals surface area contributed by atoms with Crippen LogP contribution in [0.15, 0.2) is 24.3 Å². The smallest absolute Gasteiger partial charge is 0.231 e. The number of likely N-dealkylation sites (N-methyl/N-ethyl adjacent to an activating group) is 1. The van der Waals surface area contributed by atoms with E-state index >= 15 is 0 Å². The highest BCUT2D eigenvalue weighted by Gasteiger charge is 2.04. The Kier molecular flexibility index (Phi) is 4.98. The maximum absolute atomic E-state index is 10.6. The number of carbonyl (C=O) groups is 1. The molecule has 0 unspecified atom stereocenters. The molecule has 5 heteroatoms. The van der Waals surface area contributed by atoms with Gasteiger partial charge in [-0.15, -0.1) is 0 Å². The van der Waals surface area contributed by atoms with Gasteiger partial charge in [0.2, 0.25) is 5.91 Å². The van der Waals surface area contributed by atoms with Crippen molar-refractivity contribution in [3.63, 3.8) is 0 Å². The number of rotatable bonds is 6. The minimum absolute atomic E-state index is 0.198. The first-order valence-electron chi connectivity index (χ1n) is 5.22. The van der Waals surface area contributed by atoms with Crippen LogP contribution in [0.2, 0.25) is 0 Å². The fraction of sp³-hybridized carbons (Fsp3) is 0.333. The van der Waals surface area contributed by atoms with E-state index in [0.717, 1.165) is 0 Å². The molecule has 1 aromatic carbocycles. The summed E-state index contributed by atoms with van der Waals surface area (Å²) in [4.78, 5) is 12.4. The van der Waals surface area contributed by atoms with Gasteiger partial charge in [-0.3, -0.25) is 9.69 Å². The molecule has 1 rings (SSSR count). The Morgan fingerprint density at radius 1 is 1.53 bits per heavy atom. The molecule has 0 saturated heterocycles. The first-order valence-corrected chi connectivity index (χ1v) is 5.22. The summed E-state index contributed by atoms with van der Waals surface area (Å²) < 4.78 is 5.46. The Bertz CT molecular complexity index is 426. The SMILES string of the molecule is CN(CCOc1ccccc1C#N)CC(N)=O. The minimum atomic E-state index is -0.370. The molecule has 0 aliphatic heterocycles. The van der Waals surface area contributed by atoms with E-state index in [1.54, 1.807) is 30.1 Å². The zero-order chi connectivity index (χ0) is 12.7. The van der Waals surface area contributed by atoms with Gasteiger partial charge in [-0.25, -0.2) is 0 Å². The summed E-state index contributed by atoms with van der Waals surface area (Å²) in [6.45, 7) is 1.18.